The third-order valence-corrected chi connectivity index (χ3v) is 7.28. The Morgan fingerprint density at radius 1 is 1.24 bits per heavy atom. The minimum Gasteiger partial charge on any atom is -0.493 e. The van der Waals surface area contributed by atoms with Crippen molar-refractivity contribution in [3.63, 3.8) is 0 Å². The van der Waals surface area contributed by atoms with E-state index in [1.807, 2.05) is 25.3 Å². The van der Waals surface area contributed by atoms with E-state index in [0.29, 0.717) is 30.1 Å². The molecule has 184 valence electrons. The maximum atomic E-state index is 12.4. The van der Waals surface area contributed by atoms with Crippen molar-refractivity contribution >= 4 is 13.8 Å². The van der Waals surface area contributed by atoms with Gasteiger partial charge in [0, 0.05) is 17.9 Å². The molecule has 0 bridgehead atoms. The third kappa shape index (κ3) is 5.54. The van der Waals surface area contributed by atoms with Gasteiger partial charge in [0.1, 0.15) is 5.76 Å². The molecular formula is C23H34NO8P. The molecule has 3 atom stereocenters. The number of methoxy groups -OCH3 is 2. The van der Waals surface area contributed by atoms with Gasteiger partial charge in [0.15, 0.2) is 11.5 Å². The predicted molar refractivity (Wildman–Crippen MR) is 122 cm³/mol. The number of allylic oxidation sites excluding steroid dienone is 1. The van der Waals surface area contributed by atoms with Gasteiger partial charge in [-0.1, -0.05) is 6.07 Å². The first-order valence-electron chi connectivity index (χ1n) is 10.9. The Morgan fingerprint density at radius 2 is 1.94 bits per heavy atom. The Hall–Kier alpha value is -2.06. The summed E-state index contributed by atoms with van der Waals surface area (Å²) in [7, 11) is 0.814. The zero-order chi connectivity index (χ0) is 24.4. The molecule has 0 aromatic heterocycles. The highest BCUT2D eigenvalue weighted by Gasteiger charge is 2.49. The molecule has 1 fully saturated rings. The minimum absolute atomic E-state index is 0.0642. The summed E-state index contributed by atoms with van der Waals surface area (Å²) in [5, 5.41) is 0. The molecule has 9 nitrogen and oxygen atoms in total. The average Bonchev–Trinajstić information content (AvgIpc) is 3.09. The third-order valence-electron chi connectivity index (χ3n) is 6.38. The quantitative estimate of drug-likeness (QED) is 0.334. The molecule has 0 amide bonds. The first-order valence-corrected chi connectivity index (χ1v) is 12.4. The smallest absolute Gasteiger partial charge is 0.493 e. The number of carbonyl (C=O) groups is 1. The second-order valence-corrected chi connectivity index (χ2v) is 10.9. The summed E-state index contributed by atoms with van der Waals surface area (Å²) in [5.74, 6) is 1.19. The fourth-order valence-electron chi connectivity index (χ4n) is 4.49. The Labute approximate surface area is 195 Å². The zero-order valence-corrected chi connectivity index (χ0v) is 21.0. The number of hydrogen-bond acceptors (Lipinski definition) is 8. The van der Waals surface area contributed by atoms with Gasteiger partial charge in [0.05, 0.1) is 19.6 Å². The lowest BCUT2D eigenvalue weighted by molar-refractivity contribution is -0.160. The lowest BCUT2D eigenvalue weighted by Crippen LogP contribution is -2.43. The van der Waals surface area contributed by atoms with Crippen LogP contribution in [0.15, 0.2) is 30.0 Å². The van der Waals surface area contributed by atoms with E-state index < -0.39 is 26.0 Å². The van der Waals surface area contributed by atoms with E-state index >= 15 is 0 Å². The van der Waals surface area contributed by atoms with Crippen LogP contribution in [0.3, 0.4) is 0 Å². The highest BCUT2D eigenvalue weighted by Crippen LogP contribution is 2.53. The van der Waals surface area contributed by atoms with Gasteiger partial charge in [-0.05, 0) is 71.0 Å². The predicted octanol–water partition coefficient (Wildman–Crippen LogP) is 4.00. The Balaban J connectivity index is 1.73. The molecule has 2 aliphatic rings. The number of benzene rings is 1. The fraction of sp³-hybridized carbons (Fsp3) is 0.609. The molecule has 1 N–H and O–H groups in total. The van der Waals surface area contributed by atoms with Gasteiger partial charge in [0.2, 0.25) is 6.79 Å². The molecular weight excluding hydrogens is 449 g/mol. The van der Waals surface area contributed by atoms with Crippen molar-refractivity contribution in [1.29, 1.82) is 0 Å². The molecule has 1 heterocycles. The van der Waals surface area contributed by atoms with Gasteiger partial charge in [-0.2, -0.15) is 0 Å². The van der Waals surface area contributed by atoms with E-state index in [9.17, 15) is 14.3 Å². The van der Waals surface area contributed by atoms with Crippen LogP contribution in [-0.4, -0.2) is 56.4 Å². The van der Waals surface area contributed by atoms with E-state index in [-0.39, 0.29) is 11.5 Å². The standard InChI is InChI=1S/C23H34NO8P/c1-22(2,3)21(25)30-15-31-33(26,27)32-17-9-10-23(11-12-24(4)20(23)14-17)16-7-8-18(28-5)19(13-16)29-6/h7-9,13,20H,10-12,14-15H2,1-6H3,(H,26,27). The van der Waals surface area contributed by atoms with Crippen LogP contribution in [0, 0.1) is 5.41 Å². The van der Waals surface area contributed by atoms with Crippen molar-refractivity contribution in [3.8, 4) is 11.5 Å². The Bertz CT molecular complexity index is 956. The van der Waals surface area contributed by atoms with Crippen molar-refractivity contribution in [3.05, 3.63) is 35.6 Å². The Morgan fingerprint density at radius 3 is 2.58 bits per heavy atom. The maximum absolute atomic E-state index is 12.4. The van der Waals surface area contributed by atoms with E-state index in [0.717, 1.165) is 18.5 Å². The van der Waals surface area contributed by atoms with Crippen LogP contribution < -0.4 is 9.47 Å². The number of rotatable bonds is 8. The number of phosphoric acid groups is 1. The second-order valence-electron chi connectivity index (χ2n) is 9.54. The summed E-state index contributed by atoms with van der Waals surface area (Å²) >= 11 is 0. The van der Waals surface area contributed by atoms with Crippen LogP contribution in [-0.2, 0) is 28.6 Å². The summed E-state index contributed by atoms with van der Waals surface area (Å²) in [6.07, 6.45) is 3.86. The van der Waals surface area contributed by atoms with E-state index in [2.05, 4.69) is 11.0 Å². The second kappa shape index (κ2) is 9.66. The molecule has 10 heteroatoms. The molecule has 3 rings (SSSR count). The van der Waals surface area contributed by atoms with Crippen LogP contribution in [0.1, 0.15) is 45.6 Å². The van der Waals surface area contributed by atoms with E-state index in [1.165, 1.54) is 0 Å². The molecule has 1 aromatic rings. The molecule has 3 unspecified atom stereocenters. The fourth-order valence-corrected chi connectivity index (χ4v) is 5.18. The topological polar surface area (TPSA) is 104 Å². The van der Waals surface area contributed by atoms with Gasteiger partial charge in [-0.3, -0.25) is 9.69 Å². The molecule has 0 radical (unpaired) electrons. The number of phosphoric ester groups is 1. The summed E-state index contributed by atoms with van der Waals surface area (Å²) < 4.78 is 38.4. The number of carbonyl (C=O) groups excluding carboxylic acids is 1. The first kappa shape index (κ1) is 25.6. The molecule has 1 aliphatic carbocycles. The van der Waals surface area contributed by atoms with Crippen LogP contribution in [0.25, 0.3) is 0 Å². The maximum Gasteiger partial charge on any atom is 0.530 e. The van der Waals surface area contributed by atoms with E-state index in [4.69, 9.17) is 23.3 Å². The van der Waals surface area contributed by atoms with Crippen LogP contribution in [0.4, 0.5) is 0 Å². The lowest BCUT2D eigenvalue weighted by atomic mass is 9.68. The van der Waals surface area contributed by atoms with Crippen molar-refractivity contribution < 1.29 is 37.5 Å². The SMILES string of the molecule is COc1ccc(C23CC=C(OP(=O)(O)OCOC(=O)C(C)(C)C)CC2N(C)CC3)cc1OC. The van der Waals surface area contributed by atoms with Crippen LogP contribution in [0.5, 0.6) is 11.5 Å². The van der Waals surface area contributed by atoms with Gasteiger partial charge >= 0.3 is 13.8 Å². The van der Waals surface area contributed by atoms with Crippen molar-refractivity contribution in [1.82, 2.24) is 4.90 Å². The molecule has 1 saturated heterocycles. The number of likely N-dealkylation sites (tertiary alicyclic amines) is 1. The highest BCUT2D eigenvalue weighted by molar-refractivity contribution is 7.47. The largest absolute Gasteiger partial charge is 0.530 e. The number of nitrogens with zero attached hydrogens (tertiary/aromatic N) is 1. The van der Waals surface area contributed by atoms with Gasteiger partial charge in [0.25, 0.3) is 0 Å². The number of hydrogen-bond donors (Lipinski definition) is 1. The number of ether oxygens (including phenoxy) is 3. The monoisotopic (exact) mass is 483 g/mol. The molecule has 33 heavy (non-hydrogen) atoms. The summed E-state index contributed by atoms with van der Waals surface area (Å²) in [6.45, 7) is 5.27. The zero-order valence-electron chi connectivity index (χ0n) is 20.1. The first-order chi connectivity index (χ1) is 15.4. The van der Waals surface area contributed by atoms with E-state index in [1.54, 1.807) is 35.0 Å². The van der Waals surface area contributed by atoms with Crippen molar-refractivity contribution in [2.45, 2.75) is 51.5 Å². The highest BCUT2D eigenvalue weighted by atomic mass is 31.2. The van der Waals surface area contributed by atoms with Crippen LogP contribution in [0.2, 0.25) is 0 Å². The number of likely N-dealkylation sites (N-methyl/N-ethyl adjacent to an activating group) is 1. The van der Waals surface area contributed by atoms with Gasteiger partial charge in [-0.15, -0.1) is 0 Å². The van der Waals surface area contributed by atoms with Gasteiger partial charge < -0.3 is 23.6 Å². The molecule has 0 spiro atoms. The molecule has 1 aliphatic heterocycles. The van der Waals surface area contributed by atoms with Crippen molar-refractivity contribution in [2.75, 3.05) is 34.6 Å². The summed E-state index contributed by atoms with van der Waals surface area (Å²) in [4.78, 5) is 24.2. The normalized spacial score (nSPS) is 24.9. The van der Waals surface area contributed by atoms with Crippen molar-refractivity contribution in [2.24, 2.45) is 5.41 Å². The van der Waals surface area contributed by atoms with Gasteiger partial charge in [-0.25, -0.2) is 9.09 Å². The minimum atomic E-state index is -4.44. The number of fused-ring (bicyclic) bond motifs is 1. The summed E-state index contributed by atoms with van der Waals surface area (Å²) in [5.41, 5.74) is 0.210. The lowest BCUT2D eigenvalue weighted by Gasteiger charge is -2.41. The number of esters is 1. The van der Waals surface area contributed by atoms with Crippen LogP contribution >= 0.6 is 7.82 Å². The Kier molecular flexibility index (Phi) is 7.49. The molecule has 0 saturated carbocycles. The average molecular weight is 483 g/mol. The summed E-state index contributed by atoms with van der Waals surface area (Å²) in [6, 6.07) is 6.03. The molecule has 1 aromatic carbocycles.